The molecule has 0 aromatic rings. The minimum atomic E-state index is -1.12. The van der Waals surface area contributed by atoms with Gasteiger partial charge in [-0.2, -0.15) is 0 Å². The van der Waals surface area contributed by atoms with Crippen LogP contribution in [0.5, 0.6) is 0 Å². The van der Waals surface area contributed by atoms with Gasteiger partial charge in [-0.15, -0.1) is 0 Å². The van der Waals surface area contributed by atoms with E-state index in [1.807, 2.05) is 6.92 Å². The number of aliphatic hydroxyl groups is 1. The topological polar surface area (TPSA) is 90.5 Å². The Kier molecular flexibility index (Phi) is 41.6. The zero-order valence-electron chi connectivity index (χ0n) is 37.8. The number of rotatable bonds is 45. The van der Waals surface area contributed by atoms with Crippen LogP contribution in [-0.2, 0) is 9.59 Å². The minimum absolute atomic E-state index is 0.0780. The SMILES string of the molecule is CCCCCCCCCCCCCCCCCCCCCC(=O)NC(CC)(NC(=O)CCCCCCCCCCCCCCCCCCCCC)NC(C)O. The zero-order valence-corrected chi connectivity index (χ0v) is 37.8. The number of carbonyl (C=O) groups excluding carboxylic acids is 2. The van der Waals surface area contributed by atoms with Crippen molar-refractivity contribution in [2.24, 2.45) is 0 Å². The highest BCUT2D eigenvalue weighted by molar-refractivity contribution is 5.80. The van der Waals surface area contributed by atoms with Crippen LogP contribution in [0.15, 0.2) is 0 Å². The van der Waals surface area contributed by atoms with Crippen LogP contribution in [-0.4, -0.2) is 28.9 Å². The molecule has 328 valence electrons. The first-order valence-corrected chi connectivity index (χ1v) is 25.0. The molecule has 0 fully saturated rings. The Balaban J connectivity index is 3.85. The van der Waals surface area contributed by atoms with E-state index < -0.39 is 12.0 Å². The van der Waals surface area contributed by atoms with E-state index in [-0.39, 0.29) is 11.8 Å². The third kappa shape index (κ3) is 39.5. The Morgan fingerprint density at radius 3 is 0.764 bits per heavy atom. The first-order valence-electron chi connectivity index (χ1n) is 25.0. The van der Waals surface area contributed by atoms with E-state index >= 15 is 0 Å². The molecule has 0 bridgehead atoms. The van der Waals surface area contributed by atoms with Crippen molar-refractivity contribution in [3.8, 4) is 0 Å². The predicted molar refractivity (Wildman–Crippen MR) is 240 cm³/mol. The summed E-state index contributed by atoms with van der Waals surface area (Å²) in [4.78, 5) is 25.8. The fraction of sp³-hybridized carbons (Fsp3) is 0.959. The molecule has 4 N–H and O–H groups in total. The second kappa shape index (κ2) is 42.5. The van der Waals surface area contributed by atoms with Crippen molar-refractivity contribution < 1.29 is 14.7 Å². The molecule has 0 saturated heterocycles. The van der Waals surface area contributed by atoms with Gasteiger partial charge in [0.2, 0.25) is 11.8 Å². The number of hydrogen-bond acceptors (Lipinski definition) is 4. The molecular weight excluding hydrogens is 679 g/mol. The van der Waals surface area contributed by atoms with Crippen LogP contribution in [0.2, 0.25) is 0 Å². The Morgan fingerprint density at radius 2 is 0.582 bits per heavy atom. The highest BCUT2D eigenvalue weighted by atomic mass is 16.3. The number of hydrogen-bond donors (Lipinski definition) is 4. The average Bonchev–Trinajstić information content (AvgIpc) is 3.16. The summed E-state index contributed by atoms with van der Waals surface area (Å²) >= 11 is 0. The number of nitrogens with one attached hydrogen (secondary N) is 3. The fourth-order valence-corrected chi connectivity index (χ4v) is 8.07. The van der Waals surface area contributed by atoms with Gasteiger partial charge in [0.05, 0.1) is 0 Å². The molecule has 6 nitrogen and oxygen atoms in total. The van der Waals surface area contributed by atoms with E-state index in [2.05, 4.69) is 29.8 Å². The first-order chi connectivity index (χ1) is 26.9. The van der Waals surface area contributed by atoms with Gasteiger partial charge in [-0.25, -0.2) is 0 Å². The van der Waals surface area contributed by atoms with Gasteiger partial charge in [0.25, 0.3) is 0 Å². The van der Waals surface area contributed by atoms with Crippen LogP contribution in [0.25, 0.3) is 0 Å². The summed E-state index contributed by atoms with van der Waals surface area (Å²) < 4.78 is 0. The summed E-state index contributed by atoms with van der Waals surface area (Å²) in [6, 6.07) is 0. The molecule has 0 aromatic carbocycles. The third-order valence-corrected chi connectivity index (χ3v) is 11.7. The van der Waals surface area contributed by atoms with Gasteiger partial charge in [0, 0.05) is 19.3 Å². The average molecular weight is 778 g/mol. The molecular formula is C49H99N3O3. The van der Waals surface area contributed by atoms with E-state index in [1.54, 1.807) is 6.92 Å². The highest BCUT2D eigenvalue weighted by Gasteiger charge is 2.32. The van der Waals surface area contributed by atoms with Crippen molar-refractivity contribution in [2.45, 2.75) is 303 Å². The molecule has 0 spiro atoms. The number of unbranched alkanes of at least 4 members (excludes halogenated alkanes) is 36. The standard InChI is InChI=1S/C49H99N3O3/c1-5-8-10-12-14-16-18-20-22-24-26-28-30-32-34-36-38-40-42-44-47(54)51-49(7-3,50-46(4)53)52-48(55)45-43-41-39-37-35-33-31-29-27-25-23-21-19-17-15-13-11-9-6-2/h46,50,53H,5-45H2,1-4H3,(H,51,54)(H,52,55). The number of aliphatic hydroxyl groups excluding tert-OH is 1. The zero-order chi connectivity index (χ0) is 40.3. The summed E-state index contributed by atoms with van der Waals surface area (Å²) in [7, 11) is 0. The Hall–Kier alpha value is -1.14. The Labute approximate surface area is 344 Å². The maximum absolute atomic E-state index is 12.9. The van der Waals surface area contributed by atoms with Gasteiger partial charge in [-0.3, -0.25) is 14.9 Å². The van der Waals surface area contributed by atoms with Crippen LogP contribution < -0.4 is 16.0 Å². The molecule has 6 heteroatoms. The molecule has 0 saturated carbocycles. The summed E-state index contributed by atoms with van der Waals surface area (Å²) in [5.41, 5.74) is 0. The van der Waals surface area contributed by atoms with Crippen LogP contribution >= 0.6 is 0 Å². The van der Waals surface area contributed by atoms with Crippen molar-refractivity contribution in [1.82, 2.24) is 16.0 Å². The fourth-order valence-electron chi connectivity index (χ4n) is 8.07. The van der Waals surface area contributed by atoms with Gasteiger partial charge < -0.3 is 15.7 Å². The van der Waals surface area contributed by atoms with E-state index in [4.69, 9.17) is 0 Å². The normalized spacial score (nSPS) is 12.3. The van der Waals surface area contributed by atoms with Crippen molar-refractivity contribution in [2.75, 3.05) is 0 Å². The monoisotopic (exact) mass is 778 g/mol. The molecule has 0 aliphatic rings. The van der Waals surface area contributed by atoms with E-state index in [0.29, 0.717) is 19.3 Å². The van der Waals surface area contributed by atoms with Gasteiger partial charge in [0.1, 0.15) is 6.23 Å². The third-order valence-electron chi connectivity index (χ3n) is 11.7. The van der Waals surface area contributed by atoms with E-state index in [9.17, 15) is 14.7 Å². The lowest BCUT2D eigenvalue weighted by atomic mass is 10.0. The largest absolute Gasteiger partial charge is 0.379 e. The van der Waals surface area contributed by atoms with E-state index in [0.717, 1.165) is 25.7 Å². The molecule has 0 radical (unpaired) electrons. The molecule has 0 aliphatic carbocycles. The van der Waals surface area contributed by atoms with Crippen molar-refractivity contribution >= 4 is 11.8 Å². The van der Waals surface area contributed by atoms with Gasteiger partial charge in [-0.1, -0.05) is 252 Å². The Morgan fingerprint density at radius 1 is 0.382 bits per heavy atom. The number of amides is 2. The van der Waals surface area contributed by atoms with Crippen LogP contribution in [0.1, 0.15) is 291 Å². The lowest BCUT2D eigenvalue weighted by molar-refractivity contribution is -0.129. The second-order valence-corrected chi connectivity index (χ2v) is 17.4. The second-order valence-electron chi connectivity index (χ2n) is 17.4. The molecule has 55 heavy (non-hydrogen) atoms. The van der Waals surface area contributed by atoms with Crippen LogP contribution in [0, 0.1) is 0 Å². The smallest absolute Gasteiger partial charge is 0.222 e. The number of carbonyl (C=O) groups is 2. The molecule has 0 rings (SSSR count). The van der Waals surface area contributed by atoms with E-state index in [1.165, 1.54) is 218 Å². The summed E-state index contributed by atoms with van der Waals surface area (Å²) in [6.45, 7) is 8.12. The highest BCUT2D eigenvalue weighted by Crippen LogP contribution is 2.17. The van der Waals surface area contributed by atoms with Crippen LogP contribution in [0.4, 0.5) is 0 Å². The molecule has 1 atom stereocenters. The maximum atomic E-state index is 12.9. The molecule has 0 aromatic heterocycles. The minimum Gasteiger partial charge on any atom is -0.379 e. The molecule has 0 heterocycles. The molecule has 2 amide bonds. The first kappa shape index (κ1) is 53.9. The quantitative estimate of drug-likeness (QED) is 0.0366. The lowest BCUT2D eigenvalue weighted by Gasteiger charge is -2.37. The van der Waals surface area contributed by atoms with Crippen molar-refractivity contribution in [3.05, 3.63) is 0 Å². The molecule has 0 aliphatic heterocycles. The van der Waals surface area contributed by atoms with Crippen molar-refractivity contribution in [1.29, 1.82) is 0 Å². The Bertz CT molecular complexity index is 748. The molecule has 1 unspecified atom stereocenters. The predicted octanol–water partition coefficient (Wildman–Crippen LogP) is 14.9. The van der Waals surface area contributed by atoms with Gasteiger partial charge >= 0.3 is 0 Å². The lowest BCUT2D eigenvalue weighted by Crippen LogP contribution is -2.70. The van der Waals surface area contributed by atoms with Gasteiger partial charge in [0.15, 0.2) is 5.79 Å². The maximum Gasteiger partial charge on any atom is 0.222 e. The van der Waals surface area contributed by atoms with Crippen LogP contribution in [0.3, 0.4) is 0 Å². The summed E-state index contributed by atoms with van der Waals surface area (Å²) in [5, 5.41) is 19.2. The summed E-state index contributed by atoms with van der Waals surface area (Å²) in [5.74, 6) is -1.28. The summed E-state index contributed by atoms with van der Waals surface area (Å²) in [6.07, 6.45) is 51.0. The van der Waals surface area contributed by atoms with Crippen molar-refractivity contribution in [3.63, 3.8) is 0 Å². The van der Waals surface area contributed by atoms with Gasteiger partial charge in [-0.05, 0) is 19.8 Å².